The molecule has 2 saturated carbocycles. The number of benzene rings is 1. The second-order valence-electron chi connectivity index (χ2n) is 7.74. The smallest absolute Gasteiger partial charge is 0.258 e. The molecule has 0 aromatic heterocycles. The van der Waals surface area contributed by atoms with E-state index in [-0.39, 0.29) is 11.7 Å². The minimum absolute atomic E-state index is 0.202. The molecule has 1 heterocycles. The quantitative estimate of drug-likeness (QED) is 0.832. The number of fused-ring (bicyclic) bond motifs is 2. The van der Waals surface area contributed by atoms with Crippen LogP contribution in [0.3, 0.4) is 0 Å². The molecular formula is C18H22ClFN2O. The molecule has 1 aromatic carbocycles. The van der Waals surface area contributed by atoms with Crippen LogP contribution in [0.5, 0.6) is 0 Å². The second-order valence-corrected chi connectivity index (χ2v) is 8.15. The van der Waals surface area contributed by atoms with Gasteiger partial charge in [-0.1, -0.05) is 24.1 Å². The van der Waals surface area contributed by atoms with Gasteiger partial charge in [0.2, 0.25) is 0 Å². The van der Waals surface area contributed by atoms with Crippen LogP contribution in [0.15, 0.2) is 18.2 Å². The zero-order valence-electron chi connectivity index (χ0n) is 13.6. The molecule has 1 aliphatic heterocycles. The third-order valence-corrected chi connectivity index (χ3v) is 6.34. The molecule has 5 heteroatoms. The summed E-state index contributed by atoms with van der Waals surface area (Å²) in [7, 11) is 0. The summed E-state index contributed by atoms with van der Waals surface area (Å²) < 4.78 is 13.3. The summed E-state index contributed by atoms with van der Waals surface area (Å²) in [4.78, 5) is 12.7. The number of hydrogen-bond donors (Lipinski definition) is 0. The number of rotatable bonds is 3. The third-order valence-electron chi connectivity index (χ3n) is 5.99. The van der Waals surface area contributed by atoms with Gasteiger partial charge in [0.1, 0.15) is 11.4 Å². The lowest BCUT2D eigenvalue weighted by Gasteiger charge is -2.59. The van der Waals surface area contributed by atoms with Gasteiger partial charge < -0.3 is 0 Å². The van der Waals surface area contributed by atoms with Gasteiger partial charge in [-0.3, -0.25) is 9.80 Å². The maximum Gasteiger partial charge on any atom is 0.258 e. The first kappa shape index (κ1) is 15.4. The summed E-state index contributed by atoms with van der Waals surface area (Å²) in [5.41, 5.74) is 0.348. The van der Waals surface area contributed by atoms with Crippen molar-refractivity contribution in [3.05, 3.63) is 34.6 Å². The fourth-order valence-electron chi connectivity index (χ4n) is 4.65. The number of carbonyl (C=O) groups is 1. The lowest BCUT2D eigenvalue weighted by atomic mass is 9.89. The Morgan fingerprint density at radius 3 is 2.70 bits per heavy atom. The first-order valence-corrected chi connectivity index (χ1v) is 8.81. The van der Waals surface area contributed by atoms with Crippen LogP contribution in [0, 0.1) is 17.7 Å². The summed E-state index contributed by atoms with van der Waals surface area (Å²) in [6.45, 7) is 4.46. The predicted molar refractivity (Wildman–Crippen MR) is 87.1 cm³/mol. The Morgan fingerprint density at radius 1 is 1.30 bits per heavy atom. The highest BCUT2D eigenvalue weighted by molar-refractivity contribution is 6.31. The third kappa shape index (κ3) is 2.30. The zero-order valence-corrected chi connectivity index (χ0v) is 14.3. The lowest BCUT2D eigenvalue weighted by molar-refractivity contribution is -0.233. The second kappa shape index (κ2) is 5.18. The Morgan fingerprint density at radius 2 is 2.09 bits per heavy atom. The normalized spacial score (nSPS) is 32.4. The number of nitrogens with zero attached hydrogens (tertiary/aromatic N) is 2. The molecule has 0 radical (unpaired) electrons. The van der Waals surface area contributed by atoms with E-state index in [1.807, 2.05) is 18.9 Å². The van der Waals surface area contributed by atoms with Crippen molar-refractivity contribution in [1.29, 1.82) is 0 Å². The highest BCUT2D eigenvalue weighted by atomic mass is 35.5. The number of halogens is 2. The van der Waals surface area contributed by atoms with Crippen molar-refractivity contribution < 1.29 is 9.18 Å². The highest BCUT2D eigenvalue weighted by Crippen LogP contribution is 2.50. The van der Waals surface area contributed by atoms with E-state index in [0.29, 0.717) is 23.5 Å². The van der Waals surface area contributed by atoms with E-state index in [4.69, 9.17) is 11.6 Å². The number of hydrogen-bond acceptors (Lipinski definition) is 2. The van der Waals surface area contributed by atoms with E-state index in [2.05, 4.69) is 5.01 Å². The molecule has 2 bridgehead atoms. The van der Waals surface area contributed by atoms with Crippen molar-refractivity contribution in [2.45, 2.75) is 57.7 Å². The van der Waals surface area contributed by atoms with Gasteiger partial charge in [0.25, 0.3) is 5.91 Å². The Hall–Kier alpha value is -1.13. The highest BCUT2D eigenvalue weighted by Gasteiger charge is 2.58. The molecule has 3 nitrogen and oxygen atoms in total. The predicted octanol–water partition coefficient (Wildman–Crippen LogP) is 4.01. The SMILES string of the molecule is CC1(C)C(=O)N(C2CC3CCC2C3)N1Cc1ccc(F)cc1Cl. The summed E-state index contributed by atoms with van der Waals surface area (Å²) in [5, 5.41) is 4.52. The van der Waals surface area contributed by atoms with Crippen LogP contribution in [0.4, 0.5) is 4.39 Å². The Labute approximate surface area is 141 Å². The maximum atomic E-state index is 13.3. The minimum Gasteiger partial charge on any atom is -0.271 e. The van der Waals surface area contributed by atoms with E-state index in [0.717, 1.165) is 17.9 Å². The van der Waals surface area contributed by atoms with Crippen LogP contribution < -0.4 is 0 Å². The van der Waals surface area contributed by atoms with E-state index in [1.54, 1.807) is 6.07 Å². The number of hydrazine groups is 1. The molecule has 23 heavy (non-hydrogen) atoms. The molecule has 1 saturated heterocycles. The van der Waals surface area contributed by atoms with Crippen molar-refractivity contribution in [2.24, 2.45) is 11.8 Å². The fraction of sp³-hybridized carbons (Fsp3) is 0.611. The topological polar surface area (TPSA) is 23.6 Å². The fourth-order valence-corrected chi connectivity index (χ4v) is 4.88. The monoisotopic (exact) mass is 336 g/mol. The van der Waals surface area contributed by atoms with Crippen LogP contribution >= 0.6 is 11.6 Å². The average Bonchev–Trinajstić information content (AvgIpc) is 3.11. The average molecular weight is 337 g/mol. The minimum atomic E-state index is -0.514. The molecule has 3 unspecified atom stereocenters. The van der Waals surface area contributed by atoms with Gasteiger partial charge in [0.15, 0.2) is 0 Å². The molecule has 4 rings (SSSR count). The first-order chi connectivity index (χ1) is 10.9. The molecule has 3 aliphatic rings. The van der Waals surface area contributed by atoms with Crippen molar-refractivity contribution in [3.63, 3.8) is 0 Å². The standard InChI is InChI=1S/C18H22ClFN2O/c1-18(2)17(23)22(16-8-11-3-4-12(16)7-11)21(18)10-13-5-6-14(20)9-15(13)19/h5-6,9,11-12,16H,3-4,7-8,10H2,1-2H3. The summed E-state index contributed by atoms with van der Waals surface area (Å²) >= 11 is 6.18. The number of carbonyl (C=O) groups excluding carboxylic acids is 1. The Bertz CT molecular complexity index is 662. The van der Waals surface area contributed by atoms with Crippen molar-refractivity contribution in [2.75, 3.05) is 0 Å². The summed E-state index contributed by atoms with van der Waals surface area (Å²) in [6.07, 6.45) is 4.95. The van der Waals surface area contributed by atoms with E-state index in [9.17, 15) is 9.18 Å². The van der Waals surface area contributed by atoms with E-state index >= 15 is 0 Å². The van der Waals surface area contributed by atoms with Crippen molar-refractivity contribution >= 4 is 17.5 Å². The number of amides is 1. The van der Waals surface area contributed by atoms with Gasteiger partial charge >= 0.3 is 0 Å². The summed E-state index contributed by atoms with van der Waals surface area (Å²) in [6, 6.07) is 4.83. The molecule has 2 aliphatic carbocycles. The molecule has 124 valence electrons. The lowest BCUT2D eigenvalue weighted by Crippen LogP contribution is -2.76. The van der Waals surface area contributed by atoms with Crippen LogP contribution in [-0.4, -0.2) is 27.5 Å². The summed E-state index contributed by atoms with van der Waals surface area (Å²) in [5.74, 6) is 1.31. The van der Waals surface area contributed by atoms with Crippen LogP contribution in [0.1, 0.15) is 45.1 Å². The molecule has 3 atom stereocenters. The molecule has 1 aromatic rings. The van der Waals surface area contributed by atoms with Gasteiger partial charge in [-0.15, -0.1) is 0 Å². The van der Waals surface area contributed by atoms with Gasteiger partial charge in [-0.05, 0) is 62.6 Å². The Kier molecular flexibility index (Phi) is 3.47. The maximum absolute atomic E-state index is 13.3. The molecule has 0 spiro atoms. The van der Waals surface area contributed by atoms with Gasteiger partial charge in [0.05, 0.1) is 6.04 Å². The van der Waals surface area contributed by atoms with Crippen molar-refractivity contribution in [3.8, 4) is 0 Å². The van der Waals surface area contributed by atoms with E-state index < -0.39 is 5.54 Å². The van der Waals surface area contributed by atoms with Crippen LogP contribution in [0.2, 0.25) is 5.02 Å². The van der Waals surface area contributed by atoms with Crippen LogP contribution in [-0.2, 0) is 11.3 Å². The zero-order chi connectivity index (χ0) is 16.4. The van der Waals surface area contributed by atoms with Crippen molar-refractivity contribution in [1.82, 2.24) is 10.0 Å². The Balaban J connectivity index is 1.58. The van der Waals surface area contributed by atoms with Gasteiger partial charge in [-0.25, -0.2) is 4.39 Å². The van der Waals surface area contributed by atoms with E-state index in [1.165, 1.54) is 31.4 Å². The van der Waals surface area contributed by atoms with Gasteiger partial charge in [-0.2, -0.15) is 5.01 Å². The molecule has 3 fully saturated rings. The molecule has 0 N–H and O–H groups in total. The first-order valence-electron chi connectivity index (χ1n) is 8.43. The van der Waals surface area contributed by atoms with Gasteiger partial charge in [0, 0.05) is 11.6 Å². The molecule has 1 amide bonds. The van der Waals surface area contributed by atoms with Crippen LogP contribution in [0.25, 0.3) is 0 Å². The largest absolute Gasteiger partial charge is 0.271 e. The molecular weight excluding hydrogens is 315 g/mol.